The van der Waals surface area contributed by atoms with E-state index in [1.807, 2.05) is 30.3 Å². The Bertz CT molecular complexity index is 572. The molecule has 68 valence electrons. The van der Waals surface area contributed by atoms with Crippen molar-refractivity contribution in [2.45, 2.75) is 0 Å². The fraction of sp³-hybridized carbons (Fsp3) is 0. The van der Waals surface area contributed by atoms with Crippen LogP contribution in [-0.2, 0) is 0 Å². The van der Waals surface area contributed by atoms with Crippen LogP contribution in [0.4, 0.5) is 0 Å². The van der Waals surface area contributed by atoms with Crippen molar-refractivity contribution in [3.8, 4) is 11.1 Å². The molecule has 2 aromatic rings. The minimum atomic E-state index is 0.0978. The largest absolute Gasteiger partial charge is 0.289 e. The lowest BCUT2D eigenvalue weighted by Gasteiger charge is -2.00. The van der Waals surface area contributed by atoms with Crippen molar-refractivity contribution in [2.24, 2.45) is 0 Å². The van der Waals surface area contributed by atoms with Gasteiger partial charge in [0.05, 0.1) is 0 Å². The first-order valence-electron chi connectivity index (χ1n) is 4.81. The number of rotatable bonds is 0. The van der Waals surface area contributed by atoms with Gasteiger partial charge >= 0.3 is 0 Å². The summed E-state index contributed by atoms with van der Waals surface area (Å²) in [5.74, 6) is 0.0978. The van der Waals surface area contributed by atoms with E-state index in [9.17, 15) is 4.79 Å². The number of ketones is 1. The van der Waals surface area contributed by atoms with Gasteiger partial charge in [0.1, 0.15) is 7.85 Å². The third-order valence-electron chi connectivity index (χ3n) is 2.75. The second-order valence-electron chi connectivity index (χ2n) is 3.68. The highest BCUT2D eigenvalue weighted by Gasteiger charge is 2.25. The van der Waals surface area contributed by atoms with E-state index < -0.39 is 0 Å². The highest BCUT2D eigenvalue weighted by atomic mass is 16.1. The zero-order chi connectivity index (χ0) is 10.4. The molecule has 15 heavy (non-hydrogen) atoms. The summed E-state index contributed by atoms with van der Waals surface area (Å²) < 4.78 is 0. The molecule has 1 aliphatic carbocycles. The molecule has 0 bridgehead atoms. The molecule has 2 aromatic carbocycles. The average molecular weight is 190 g/mol. The first-order chi connectivity index (χ1) is 7.27. The number of benzene rings is 2. The molecule has 0 unspecified atom stereocenters. The van der Waals surface area contributed by atoms with E-state index in [2.05, 4.69) is 0 Å². The molecule has 0 aromatic heterocycles. The summed E-state index contributed by atoms with van der Waals surface area (Å²) in [6.45, 7) is 0. The summed E-state index contributed by atoms with van der Waals surface area (Å²) in [5, 5.41) is 0. The summed E-state index contributed by atoms with van der Waals surface area (Å²) in [6, 6.07) is 13.1. The Morgan fingerprint density at radius 3 is 2.27 bits per heavy atom. The molecule has 0 amide bonds. The molecule has 0 atom stereocenters. The second kappa shape index (κ2) is 2.83. The summed E-state index contributed by atoms with van der Waals surface area (Å²) in [6.07, 6.45) is 0. The summed E-state index contributed by atoms with van der Waals surface area (Å²) in [7, 11) is 5.72. The molecule has 0 saturated heterocycles. The van der Waals surface area contributed by atoms with E-state index in [-0.39, 0.29) is 5.78 Å². The minimum Gasteiger partial charge on any atom is -0.289 e. The Labute approximate surface area is 89.2 Å². The molecule has 2 radical (unpaired) electrons. The molecule has 1 nitrogen and oxygen atoms in total. The lowest BCUT2D eigenvalue weighted by atomic mass is 9.92. The second-order valence-corrected chi connectivity index (χ2v) is 3.68. The maximum atomic E-state index is 12.0. The quantitative estimate of drug-likeness (QED) is 0.493. The van der Waals surface area contributed by atoms with Crippen LogP contribution in [0.15, 0.2) is 42.5 Å². The average Bonchev–Trinajstić information content (AvgIpc) is 2.54. The van der Waals surface area contributed by atoms with Crippen molar-refractivity contribution in [1.29, 1.82) is 0 Å². The van der Waals surface area contributed by atoms with Crippen molar-refractivity contribution >= 4 is 19.1 Å². The van der Waals surface area contributed by atoms with Crippen molar-refractivity contribution in [3.05, 3.63) is 53.6 Å². The van der Waals surface area contributed by atoms with E-state index in [1.54, 1.807) is 12.1 Å². The van der Waals surface area contributed by atoms with Crippen molar-refractivity contribution in [2.75, 3.05) is 0 Å². The molecule has 2 heteroatoms. The fourth-order valence-corrected chi connectivity index (χ4v) is 2.04. The Hall–Kier alpha value is -1.83. The summed E-state index contributed by atoms with van der Waals surface area (Å²) in [5.41, 5.74) is 4.17. The van der Waals surface area contributed by atoms with Gasteiger partial charge in [-0.05, 0) is 11.1 Å². The topological polar surface area (TPSA) is 17.1 Å². The van der Waals surface area contributed by atoms with E-state index in [0.29, 0.717) is 5.46 Å². The van der Waals surface area contributed by atoms with Crippen LogP contribution >= 0.6 is 0 Å². The number of carbonyl (C=O) groups is 1. The summed E-state index contributed by atoms with van der Waals surface area (Å²) in [4.78, 5) is 12.0. The van der Waals surface area contributed by atoms with Crippen LogP contribution in [-0.4, -0.2) is 13.6 Å². The molecule has 3 rings (SSSR count). The molecule has 0 heterocycles. The molecule has 0 spiro atoms. The minimum absolute atomic E-state index is 0.0978. The normalized spacial score (nSPS) is 12.4. The van der Waals surface area contributed by atoms with Crippen LogP contribution in [0, 0.1) is 0 Å². The van der Waals surface area contributed by atoms with Gasteiger partial charge in [-0.2, -0.15) is 0 Å². The molecule has 0 N–H and O–H groups in total. The lowest BCUT2D eigenvalue weighted by molar-refractivity contribution is 0.104. The number of hydrogen-bond donors (Lipinski definition) is 0. The van der Waals surface area contributed by atoms with E-state index in [1.165, 1.54) is 0 Å². The van der Waals surface area contributed by atoms with Gasteiger partial charge < -0.3 is 0 Å². The molecule has 1 aliphatic rings. The van der Waals surface area contributed by atoms with Crippen LogP contribution in [0.1, 0.15) is 15.9 Å². The standard InChI is InChI=1S/C13H7BO/c14-8-5-6-11-12(7-8)9-3-1-2-4-10(9)13(11)15/h1-7H. The van der Waals surface area contributed by atoms with Crippen molar-refractivity contribution in [3.63, 3.8) is 0 Å². The van der Waals surface area contributed by atoms with Crippen LogP contribution in [0.2, 0.25) is 0 Å². The lowest BCUT2D eigenvalue weighted by Crippen LogP contribution is -2.03. The highest BCUT2D eigenvalue weighted by molar-refractivity contribution is 6.33. The highest BCUT2D eigenvalue weighted by Crippen LogP contribution is 2.35. The third kappa shape index (κ3) is 1.08. The van der Waals surface area contributed by atoms with Crippen molar-refractivity contribution < 1.29 is 4.79 Å². The third-order valence-corrected chi connectivity index (χ3v) is 2.75. The molecule has 0 aliphatic heterocycles. The van der Waals surface area contributed by atoms with Gasteiger partial charge in [0.25, 0.3) is 0 Å². The first-order valence-corrected chi connectivity index (χ1v) is 4.81. The predicted molar refractivity (Wildman–Crippen MR) is 60.7 cm³/mol. The van der Waals surface area contributed by atoms with Crippen LogP contribution in [0.3, 0.4) is 0 Å². The number of fused-ring (bicyclic) bond motifs is 3. The number of carbonyl (C=O) groups excluding carboxylic acids is 1. The fourth-order valence-electron chi connectivity index (χ4n) is 2.04. The van der Waals surface area contributed by atoms with Gasteiger partial charge in [-0.15, -0.1) is 0 Å². The zero-order valence-corrected chi connectivity index (χ0v) is 8.03. The Balaban J connectivity index is 2.39. The van der Waals surface area contributed by atoms with Gasteiger partial charge in [-0.1, -0.05) is 47.9 Å². The monoisotopic (exact) mass is 190 g/mol. The molecular weight excluding hydrogens is 183 g/mol. The first kappa shape index (κ1) is 8.48. The summed E-state index contributed by atoms with van der Waals surface area (Å²) >= 11 is 0. The van der Waals surface area contributed by atoms with Gasteiger partial charge in [0.2, 0.25) is 0 Å². The van der Waals surface area contributed by atoms with E-state index in [4.69, 9.17) is 7.85 Å². The van der Waals surface area contributed by atoms with Crippen LogP contribution in [0.25, 0.3) is 11.1 Å². The molecular formula is C13H7BO. The van der Waals surface area contributed by atoms with E-state index >= 15 is 0 Å². The molecule has 0 fully saturated rings. The Kier molecular flexibility index (Phi) is 1.60. The number of hydrogen-bond acceptors (Lipinski definition) is 1. The van der Waals surface area contributed by atoms with Gasteiger partial charge in [-0.3, -0.25) is 4.79 Å². The van der Waals surface area contributed by atoms with Gasteiger partial charge in [-0.25, -0.2) is 0 Å². The SMILES string of the molecule is [B]c1ccc2c(c1)-c1ccccc1C2=O. The van der Waals surface area contributed by atoms with Crippen molar-refractivity contribution in [1.82, 2.24) is 0 Å². The smallest absolute Gasteiger partial charge is 0.194 e. The maximum absolute atomic E-state index is 12.0. The molecule has 0 saturated carbocycles. The van der Waals surface area contributed by atoms with Gasteiger partial charge in [0.15, 0.2) is 5.78 Å². The van der Waals surface area contributed by atoms with E-state index in [0.717, 1.165) is 22.3 Å². The predicted octanol–water partition coefficient (Wildman–Crippen LogP) is 1.69. The Morgan fingerprint density at radius 2 is 1.47 bits per heavy atom. The van der Waals surface area contributed by atoms with Crippen LogP contribution in [0.5, 0.6) is 0 Å². The maximum Gasteiger partial charge on any atom is 0.194 e. The van der Waals surface area contributed by atoms with Gasteiger partial charge in [0, 0.05) is 11.1 Å². The Morgan fingerprint density at radius 1 is 0.800 bits per heavy atom. The zero-order valence-electron chi connectivity index (χ0n) is 8.03. The van der Waals surface area contributed by atoms with Crippen LogP contribution < -0.4 is 5.46 Å².